The third-order valence-electron chi connectivity index (χ3n) is 7.74. The maximum absolute atomic E-state index is 13.0. The third kappa shape index (κ3) is 4.52. The van der Waals surface area contributed by atoms with Crippen LogP contribution in [0.1, 0.15) is 48.8 Å². The normalized spacial score (nSPS) is 25.7. The van der Waals surface area contributed by atoms with Crippen molar-refractivity contribution in [2.45, 2.75) is 57.8 Å². The van der Waals surface area contributed by atoms with Gasteiger partial charge in [-0.3, -0.25) is 9.69 Å². The Balaban J connectivity index is 1.06. The fraction of sp³-hybridized carbons (Fsp3) is 0.429. The van der Waals surface area contributed by atoms with Crippen LogP contribution in [0.25, 0.3) is 0 Å². The number of nitrogens with zero attached hydrogens (tertiary/aromatic N) is 4. The summed E-state index contributed by atoms with van der Waals surface area (Å²) in [6.07, 6.45) is 14.8. The summed E-state index contributed by atoms with van der Waals surface area (Å²) >= 11 is 0. The average Bonchev–Trinajstić information content (AvgIpc) is 3.55. The van der Waals surface area contributed by atoms with Crippen LogP contribution < -0.4 is 5.32 Å². The van der Waals surface area contributed by atoms with E-state index in [0.717, 1.165) is 42.7 Å². The van der Waals surface area contributed by atoms with Crippen molar-refractivity contribution < 1.29 is 9.59 Å². The first-order chi connectivity index (χ1) is 17.1. The summed E-state index contributed by atoms with van der Waals surface area (Å²) in [6, 6.07) is 6.82. The fourth-order valence-corrected chi connectivity index (χ4v) is 5.79. The van der Waals surface area contributed by atoms with E-state index in [9.17, 15) is 9.59 Å². The Bertz CT molecular complexity index is 1200. The Labute approximate surface area is 206 Å². The van der Waals surface area contributed by atoms with Crippen LogP contribution in [0.4, 0.5) is 4.79 Å². The standard InChI is InChI=1S/C28H31N5O2/c34-27-25-6-2-1-5-24(25)26(30-31-27)20-9-11-23(12-10-20)29-28(35)33-17-21-8-7-19(15-22(21)18-33)16-32-13-3-4-14-32/h1-2,5-9,15,23,25H,3-4,10-14,16-18H2,(H,29,35). The average molecular weight is 470 g/mol. The molecule has 0 aromatic heterocycles. The van der Waals surface area contributed by atoms with Gasteiger partial charge in [-0.1, -0.05) is 48.6 Å². The number of benzene rings is 1. The van der Waals surface area contributed by atoms with E-state index in [1.54, 1.807) is 0 Å². The molecular weight excluding hydrogens is 438 g/mol. The molecule has 3 amide bonds. The number of likely N-dealkylation sites (tertiary alicyclic amines) is 1. The number of amides is 3. The molecule has 1 N–H and O–H groups in total. The van der Waals surface area contributed by atoms with Gasteiger partial charge in [0.05, 0.1) is 11.6 Å². The van der Waals surface area contributed by atoms with Crippen LogP contribution in [0.15, 0.2) is 75.7 Å². The SMILES string of the molecule is O=C1N=NC(C2=CCC(NC(=O)N3Cc4ccc(CN5CCCC5)cc4C3)CC2)=C2C=CC=CC12. The molecule has 1 aromatic carbocycles. The molecule has 3 aliphatic heterocycles. The molecule has 35 heavy (non-hydrogen) atoms. The van der Waals surface area contributed by atoms with Crippen molar-refractivity contribution in [3.8, 4) is 0 Å². The largest absolute Gasteiger partial charge is 0.335 e. The van der Waals surface area contributed by atoms with E-state index in [1.165, 1.54) is 42.6 Å². The van der Waals surface area contributed by atoms with Crippen molar-refractivity contribution >= 4 is 11.9 Å². The molecule has 0 saturated carbocycles. The highest BCUT2D eigenvalue weighted by atomic mass is 16.2. The van der Waals surface area contributed by atoms with E-state index in [4.69, 9.17) is 0 Å². The maximum Gasteiger partial charge on any atom is 0.318 e. The number of fused-ring (bicyclic) bond motifs is 2. The first kappa shape index (κ1) is 22.2. The van der Waals surface area contributed by atoms with Crippen molar-refractivity contribution in [3.05, 3.63) is 82.1 Å². The second-order valence-corrected chi connectivity index (χ2v) is 10.2. The van der Waals surface area contributed by atoms with Crippen molar-refractivity contribution in [1.82, 2.24) is 15.1 Å². The molecule has 1 aromatic rings. The quantitative estimate of drug-likeness (QED) is 0.690. The van der Waals surface area contributed by atoms with Gasteiger partial charge in [0.15, 0.2) is 0 Å². The van der Waals surface area contributed by atoms with E-state index in [-0.39, 0.29) is 23.9 Å². The second-order valence-electron chi connectivity index (χ2n) is 10.2. The highest BCUT2D eigenvalue weighted by Crippen LogP contribution is 2.36. The molecule has 1 saturated heterocycles. The number of carbonyl (C=O) groups excluding carboxylic acids is 2. The fourth-order valence-electron chi connectivity index (χ4n) is 5.79. The number of allylic oxidation sites excluding steroid dienone is 4. The number of urea groups is 1. The van der Waals surface area contributed by atoms with Gasteiger partial charge < -0.3 is 10.2 Å². The molecule has 6 rings (SSSR count). The Hall–Kier alpha value is -3.32. The van der Waals surface area contributed by atoms with Crippen molar-refractivity contribution in [2.75, 3.05) is 13.1 Å². The molecule has 7 heteroatoms. The van der Waals surface area contributed by atoms with Gasteiger partial charge in [-0.05, 0) is 73.0 Å². The lowest BCUT2D eigenvalue weighted by atomic mass is 9.85. The predicted octanol–water partition coefficient (Wildman–Crippen LogP) is 4.78. The summed E-state index contributed by atoms with van der Waals surface area (Å²) in [7, 11) is 0. The highest BCUT2D eigenvalue weighted by molar-refractivity contribution is 5.87. The zero-order valence-corrected chi connectivity index (χ0v) is 19.9. The van der Waals surface area contributed by atoms with E-state index in [1.807, 2.05) is 29.2 Å². The van der Waals surface area contributed by atoms with Gasteiger partial charge >= 0.3 is 6.03 Å². The monoisotopic (exact) mass is 469 g/mol. The lowest BCUT2D eigenvalue weighted by molar-refractivity contribution is -0.120. The van der Waals surface area contributed by atoms with E-state index < -0.39 is 0 Å². The summed E-state index contributed by atoms with van der Waals surface area (Å²) in [5, 5.41) is 11.3. The maximum atomic E-state index is 13.0. The van der Waals surface area contributed by atoms with E-state index in [2.05, 4.69) is 44.7 Å². The van der Waals surface area contributed by atoms with Gasteiger partial charge in [-0.15, -0.1) is 10.2 Å². The molecule has 5 aliphatic rings. The predicted molar refractivity (Wildman–Crippen MR) is 133 cm³/mol. The number of hydrogen-bond acceptors (Lipinski definition) is 4. The number of carbonyl (C=O) groups is 2. The molecule has 2 unspecified atom stereocenters. The van der Waals surface area contributed by atoms with Crippen LogP contribution in [0.3, 0.4) is 0 Å². The molecule has 0 bridgehead atoms. The minimum Gasteiger partial charge on any atom is -0.335 e. The molecule has 7 nitrogen and oxygen atoms in total. The lowest BCUT2D eigenvalue weighted by Gasteiger charge is -2.27. The zero-order chi connectivity index (χ0) is 23.8. The number of rotatable bonds is 4. The van der Waals surface area contributed by atoms with Crippen LogP contribution in [0.2, 0.25) is 0 Å². The van der Waals surface area contributed by atoms with Crippen molar-refractivity contribution in [2.24, 2.45) is 16.1 Å². The first-order valence-corrected chi connectivity index (χ1v) is 12.8. The van der Waals surface area contributed by atoms with Gasteiger partial charge in [0.2, 0.25) is 0 Å². The van der Waals surface area contributed by atoms with Gasteiger partial charge in [0, 0.05) is 25.7 Å². The third-order valence-corrected chi connectivity index (χ3v) is 7.74. The number of hydrogen-bond donors (Lipinski definition) is 1. The van der Waals surface area contributed by atoms with Crippen LogP contribution in [0, 0.1) is 5.92 Å². The summed E-state index contributed by atoms with van der Waals surface area (Å²) in [5.41, 5.74) is 6.74. The molecule has 2 atom stereocenters. The Kier molecular flexibility index (Phi) is 5.94. The van der Waals surface area contributed by atoms with E-state index in [0.29, 0.717) is 13.1 Å². The van der Waals surface area contributed by atoms with Crippen molar-refractivity contribution in [3.63, 3.8) is 0 Å². The van der Waals surface area contributed by atoms with Gasteiger partial charge in [-0.25, -0.2) is 4.79 Å². The summed E-state index contributed by atoms with van der Waals surface area (Å²) < 4.78 is 0. The zero-order valence-electron chi connectivity index (χ0n) is 19.9. The minimum absolute atomic E-state index is 0.00883. The highest BCUT2D eigenvalue weighted by Gasteiger charge is 2.31. The second kappa shape index (κ2) is 9.38. The molecule has 1 fully saturated rings. The summed E-state index contributed by atoms with van der Waals surface area (Å²) in [4.78, 5) is 29.5. The van der Waals surface area contributed by atoms with Crippen LogP contribution >= 0.6 is 0 Å². The van der Waals surface area contributed by atoms with Gasteiger partial charge in [-0.2, -0.15) is 0 Å². The molecule has 2 aliphatic carbocycles. The Morgan fingerprint density at radius 1 is 1.09 bits per heavy atom. The molecule has 0 spiro atoms. The number of azo groups is 1. The van der Waals surface area contributed by atoms with Crippen LogP contribution in [-0.4, -0.2) is 40.9 Å². The smallest absolute Gasteiger partial charge is 0.318 e. The lowest BCUT2D eigenvalue weighted by Crippen LogP contribution is -2.43. The van der Waals surface area contributed by atoms with Gasteiger partial charge in [0.25, 0.3) is 5.91 Å². The molecule has 180 valence electrons. The van der Waals surface area contributed by atoms with Gasteiger partial charge in [0.1, 0.15) is 0 Å². The molecular formula is C28H31N5O2. The van der Waals surface area contributed by atoms with Crippen LogP contribution in [-0.2, 0) is 24.4 Å². The molecule has 0 radical (unpaired) electrons. The Morgan fingerprint density at radius 3 is 2.77 bits per heavy atom. The van der Waals surface area contributed by atoms with Crippen LogP contribution in [0.5, 0.6) is 0 Å². The van der Waals surface area contributed by atoms with Crippen molar-refractivity contribution in [1.29, 1.82) is 0 Å². The van der Waals surface area contributed by atoms with E-state index >= 15 is 0 Å². The number of nitrogens with one attached hydrogen (secondary N) is 1. The minimum atomic E-state index is -0.321. The summed E-state index contributed by atoms with van der Waals surface area (Å²) in [6.45, 7) is 4.74. The Morgan fingerprint density at radius 2 is 1.94 bits per heavy atom. The topological polar surface area (TPSA) is 77.4 Å². The molecule has 3 heterocycles. The summed E-state index contributed by atoms with van der Waals surface area (Å²) in [5.74, 6) is -0.529. The first-order valence-electron chi connectivity index (χ1n) is 12.8.